The van der Waals surface area contributed by atoms with Crippen LogP contribution in [-0.2, 0) is 0 Å². The lowest BCUT2D eigenvalue weighted by Gasteiger charge is -2.30. The number of rotatable bonds is 1. The number of benzene rings is 1. The van der Waals surface area contributed by atoms with Crippen LogP contribution in [0.15, 0.2) is 30.3 Å². The molecule has 2 rings (SSSR count). The Bertz CT molecular complexity index is 289. The number of hydrogen-bond donors (Lipinski definition) is 0. The van der Waals surface area contributed by atoms with Crippen LogP contribution >= 0.6 is 0 Å². The SMILES string of the molecule is [2H]C1(F)CCN(c2ccccc2)CC1. The Kier molecular flexibility index (Phi) is 2.14. The fraction of sp³-hybridized carbons (Fsp3) is 0.455. The molecule has 2 heteroatoms. The summed E-state index contributed by atoms with van der Waals surface area (Å²) in [5.74, 6) is 0. The van der Waals surface area contributed by atoms with Gasteiger partial charge in [-0.3, -0.25) is 0 Å². The van der Waals surface area contributed by atoms with E-state index in [9.17, 15) is 4.39 Å². The number of anilines is 1. The zero-order chi connectivity index (χ0) is 10.0. The molecule has 1 aromatic rings. The second-order valence-electron chi connectivity index (χ2n) is 3.34. The monoisotopic (exact) mass is 180 g/mol. The first-order chi connectivity index (χ1) is 6.67. The van der Waals surface area contributed by atoms with Crippen LogP contribution in [0.4, 0.5) is 10.1 Å². The maximum Gasteiger partial charge on any atom is 0.103 e. The summed E-state index contributed by atoms with van der Waals surface area (Å²) in [6, 6.07) is 9.97. The van der Waals surface area contributed by atoms with E-state index in [2.05, 4.69) is 4.90 Å². The number of alkyl halides is 1. The predicted molar refractivity (Wildman–Crippen MR) is 52.8 cm³/mol. The lowest BCUT2D eigenvalue weighted by Crippen LogP contribution is -2.34. The third-order valence-electron chi connectivity index (χ3n) is 2.43. The highest BCUT2D eigenvalue weighted by Gasteiger charge is 2.17. The lowest BCUT2D eigenvalue weighted by atomic mass is 10.1. The molecule has 1 fully saturated rings. The zero-order valence-electron chi connectivity index (χ0n) is 8.54. The largest absolute Gasteiger partial charge is 0.371 e. The van der Waals surface area contributed by atoms with Crippen molar-refractivity contribution in [1.29, 1.82) is 0 Å². The van der Waals surface area contributed by atoms with E-state index in [1.54, 1.807) is 0 Å². The summed E-state index contributed by atoms with van der Waals surface area (Å²) < 4.78 is 20.5. The van der Waals surface area contributed by atoms with Gasteiger partial charge < -0.3 is 4.90 Å². The van der Waals surface area contributed by atoms with Gasteiger partial charge in [0.05, 0.1) is 1.37 Å². The second-order valence-corrected chi connectivity index (χ2v) is 3.34. The Labute approximate surface area is 79.6 Å². The summed E-state index contributed by atoms with van der Waals surface area (Å²) in [6.45, 7) is 1.29. The summed E-state index contributed by atoms with van der Waals surface area (Å²) in [5, 5.41) is 0. The molecule has 1 aliphatic rings. The smallest absolute Gasteiger partial charge is 0.103 e. The minimum Gasteiger partial charge on any atom is -0.371 e. The summed E-state index contributed by atoms with van der Waals surface area (Å²) in [6.07, 6.45) is -1.09. The van der Waals surface area contributed by atoms with Gasteiger partial charge in [-0.05, 0) is 25.0 Å². The van der Waals surface area contributed by atoms with Crippen LogP contribution in [0.1, 0.15) is 14.2 Å². The van der Waals surface area contributed by atoms with Crippen LogP contribution < -0.4 is 4.90 Å². The number of halogens is 1. The number of hydrogen-bond acceptors (Lipinski definition) is 1. The first-order valence-electron chi connectivity index (χ1n) is 5.16. The van der Waals surface area contributed by atoms with Crippen LogP contribution in [0.2, 0.25) is 0 Å². The van der Waals surface area contributed by atoms with Crippen molar-refractivity contribution in [3.05, 3.63) is 30.3 Å². The molecule has 1 aliphatic heterocycles. The first-order valence-corrected chi connectivity index (χ1v) is 4.66. The third-order valence-corrected chi connectivity index (χ3v) is 2.43. The molecule has 0 bridgehead atoms. The van der Waals surface area contributed by atoms with Crippen molar-refractivity contribution in [1.82, 2.24) is 0 Å². The average molecular weight is 180 g/mol. The van der Waals surface area contributed by atoms with E-state index >= 15 is 0 Å². The van der Waals surface area contributed by atoms with Gasteiger partial charge in [0, 0.05) is 18.8 Å². The summed E-state index contributed by atoms with van der Waals surface area (Å²) in [4.78, 5) is 2.13. The molecule has 0 unspecified atom stereocenters. The van der Waals surface area contributed by atoms with Gasteiger partial charge in [0.15, 0.2) is 0 Å². The third kappa shape index (κ3) is 2.00. The molecule has 1 aromatic carbocycles. The summed E-state index contributed by atoms with van der Waals surface area (Å²) in [7, 11) is 0. The lowest BCUT2D eigenvalue weighted by molar-refractivity contribution is 0.277. The predicted octanol–water partition coefficient (Wildman–Crippen LogP) is 2.62. The van der Waals surface area contributed by atoms with E-state index in [1.807, 2.05) is 30.3 Å². The van der Waals surface area contributed by atoms with Gasteiger partial charge in [-0.15, -0.1) is 0 Å². The van der Waals surface area contributed by atoms with Crippen LogP contribution in [0.5, 0.6) is 0 Å². The normalized spacial score (nSPS) is 22.5. The zero-order valence-corrected chi connectivity index (χ0v) is 7.54. The minimum absolute atomic E-state index is 0.307. The molecule has 1 nitrogen and oxygen atoms in total. The van der Waals surface area contributed by atoms with Gasteiger partial charge in [0.1, 0.15) is 6.15 Å². The van der Waals surface area contributed by atoms with Crippen molar-refractivity contribution in [3.8, 4) is 0 Å². The topological polar surface area (TPSA) is 3.24 Å². The first kappa shape index (κ1) is 7.36. The maximum atomic E-state index is 13.2. The molecule has 0 saturated carbocycles. The Morgan fingerprint density at radius 2 is 1.85 bits per heavy atom. The van der Waals surface area contributed by atoms with Gasteiger partial charge in [-0.25, -0.2) is 4.39 Å². The van der Waals surface area contributed by atoms with Crippen LogP contribution in [0.25, 0.3) is 0 Å². The van der Waals surface area contributed by atoms with E-state index in [0.717, 1.165) is 5.69 Å². The molecule has 13 heavy (non-hydrogen) atoms. The molecule has 0 N–H and O–H groups in total. The molecule has 0 atom stereocenters. The Balaban J connectivity index is 2.03. The van der Waals surface area contributed by atoms with E-state index < -0.39 is 6.15 Å². The van der Waals surface area contributed by atoms with Crippen molar-refractivity contribution in [2.75, 3.05) is 18.0 Å². The van der Waals surface area contributed by atoms with Crippen molar-refractivity contribution >= 4 is 5.69 Å². The number of para-hydroxylation sites is 1. The Morgan fingerprint density at radius 3 is 2.46 bits per heavy atom. The van der Waals surface area contributed by atoms with Gasteiger partial charge in [-0.2, -0.15) is 0 Å². The van der Waals surface area contributed by atoms with Crippen LogP contribution in [-0.4, -0.2) is 19.2 Å². The van der Waals surface area contributed by atoms with Crippen molar-refractivity contribution in [3.63, 3.8) is 0 Å². The summed E-state index contributed by atoms with van der Waals surface area (Å²) in [5.41, 5.74) is 1.13. The standard InChI is InChI=1S/C11H14FN/c12-10-6-8-13(9-7-10)11-4-2-1-3-5-11/h1-5,10H,6-9H2/i10D. The second kappa shape index (κ2) is 3.77. The molecule has 0 radical (unpaired) electrons. The van der Waals surface area contributed by atoms with E-state index in [1.165, 1.54) is 0 Å². The molecule has 0 spiro atoms. The Hall–Kier alpha value is -1.05. The number of piperidine rings is 1. The van der Waals surface area contributed by atoms with E-state index in [4.69, 9.17) is 1.37 Å². The van der Waals surface area contributed by atoms with E-state index in [-0.39, 0.29) is 0 Å². The van der Waals surface area contributed by atoms with E-state index in [0.29, 0.717) is 25.9 Å². The Morgan fingerprint density at radius 1 is 1.23 bits per heavy atom. The highest BCUT2D eigenvalue weighted by molar-refractivity contribution is 5.46. The molecule has 1 heterocycles. The highest BCUT2D eigenvalue weighted by Crippen LogP contribution is 2.20. The molecule has 0 amide bonds. The minimum atomic E-state index is -1.70. The molecular weight excluding hydrogens is 165 g/mol. The maximum absolute atomic E-state index is 13.2. The van der Waals surface area contributed by atoms with Crippen LogP contribution in [0.3, 0.4) is 0 Å². The quantitative estimate of drug-likeness (QED) is 0.642. The average Bonchev–Trinajstić information content (AvgIpc) is 2.19. The molecule has 0 aromatic heterocycles. The van der Waals surface area contributed by atoms with Crippen molar-refractivity contribution < 1.29 is 5.76 Å². The van der Waals surface area contributed by atoms with Gasteiger partial charge in [-0.1, -0.05) is 18.2 Å². The van der Waals surface area contributed by atoms with Gasteiger partial charge in [0.25, 0.3) is 0 Å². The highest BCUT2D eigenvalue weighted by atomic mass is 19.1. The number of nitrogens with zero attached hydrogens (tertiary/aromatic N) is 1. The molecular formula is C11H14FN. The molecule has 70 valence electrons. The fourth-order valence-electron chi connectivity index (χ4n) is 1.65. The fourth-order valence-corrected chi connectivity index (χ4v) is 1.65. The molecule has 0 aliphatic carbocycles. The molecule has 1 saturated heterocycles. The van der Waals surface area contributed by atoms with Crippen molar-refractivity contribution in [2.45, 2.75) is 19.0 Å². The summed E-state index contributed by atoms with van der Waals surface area (Å²) >= 11 is 0. The van der Waals surface area contributed by atoms with Gasteiger partial charge in [0.2, 0.25) is 0 Å². The van der Waals surface area contributed by atoms with Crippen molar-refractivity contribution in [2.24, 2.45) is 0 Å². The van der Waals surface area contributed by atoms with Crippen LogP contribution in [0, 0.1) is 0 Å². The van der Waals surface area contributed by atoms with Gasteiger partial charge >= 0.3 is 0 Å².